The number of para-hydroxylation sites is 1. The van der Waals surface area contributed by atoms with Gasteiger partial charge in [-0.2, -0.15) is 7.82 Å². The maximum Gasteiger partial charge on any atom is 0.336 e. The molecule has 7 heteroatoms. The Morgan fingerprint density at radius 1 is 1.00 bits per heavy atom. The van der Waals surface area contributed by atoms with Gasteiger partial charge < -0.3 is 23.7 Å². The number of hydrogen-bond donors (Lipinski definition) is 0. The van der Waals surface area contributed by atoms with E-state index in [0.717, 1.165) is 5.39 Å². The predicted molar refractivity (Wildman–Crippen MR) is 50.1 cm³/mol. The Morgan fingerprint density at radius 2 is 1.56 bits per heavy atom. The SMILES string of the molecule is O=P([O-])([O-])[O-].O=c1ccc2ccccc2o1. The lowest BCUT2D eigenvalue weighted by Crippen LogP contribution is -2.24. The predicted octanol–water partition coefficient (Wildman–Crippen LogP) is -1.03. The Labute approximate surface area is 90.0 Å². The van der Waals surface area contributed by atoms with Gasteiger partial charge in [0.25, 0.3) is 0 Å². The highest BCUT2D eigenvalue weighted by Crippen LogP contribution is 2.08. The van der Waals surface area contributed by atoms with Crippen LogP contribution in [0.1, 0.15) is 0 Å². The average molecular weight is 241 g/mol. The fourth-order valence-corrected chi connectivity index (χ4v) is 1.01. The second-order valence-electron chi connectivity index (χ2n) is 2.74. The van der Waals surface area contributed by atoms with Crippen molar-refractivity contribution < 1.29 is 23.7 Å². The standard InChI is InChI=1S/C9H6O2.H3O4P/c10-9-6-5-7-3-1-2-4-8(7)11-9;1-5(2,3)4/h1-6H;(H3,1,2,3,4)/p-3. The van der Waals surface area contributed by atoms with Crippen molar-refractivity contribution in [3.63, 3.8) is 0 Å². The smallest absolute Gasteiger partial charge is 0.336 e. The van der Waals surface area contributed by atoms with Crippen molar-refractivity contribution in [2.24, 2.45) is 0 Å². The zero-order chi connectivity index (χ0) is 12.2. The van der Waals surface area contributed by atoms with Crippen molar-refractivity contribution in [1.29, 1.82) is 0 Å². The monoisotopic (exact) mass is 241 g/mol. The highest BCUT2D eigenvalue weighted by Gasteiger charge is 1.92. The number of fused-ring (bicyclic) bond motifs is 1. The molecule has 6 nitrogen and oxygen atoms in total. The van der Waals surface area contributed by atoms with E-state index in [9.17, 15) is 4.79 Å². The summed E-state index contributed by atoms with van der Waals surface area (Å²) < 4.78 is 13.5. The van der Waals surface area contributed by atoms with Crippen LogP contribution in [-0.4, -0.2) is 0 Å². The Hall–Kier alpha value is -1.46. The first-order valence-corrected chi connectivity index (χ1v) is 5.54. The van der Waals surface area contributed by atoms with Crippen LogP contribution in [0.25, 0.3) is 11.0 Å². The van der Waals surface area contributed by atoms with E-state index in [4.69, 9.17) is 23.7 Å². The third kappa shape index (κ3) is 4.86. The van der Waals surface area contributed by atoms with Crippen molar-refractivity contribution in [2.45, 2.75) is 0 Å². The summed E-state index contributed by atoms with van der Waals surface area (Å²) in [5.74, 6) is 0. The molecule has 1 aromatic carbocycles. The summed E-state index contributed by atoms with van der Waals surface area (Å²) in [5.41, 5.74) is 0.337. The Bertz CT molecular complexity index is 561. The second kappa shape index (κ2) is 5.05. The Morgan fingerprint density at radius 3 is 2.19 bits per heavy atom. The quantitative estimate of drug-likeness (QED) is 0.430. The molecule has 0 radical (unpaired) electrons. The Kier molecular flexibility index (Phi) is 3.98. The lowest BCUT2D eigenvalue weighted by molar-refractivity contribution is -0.432. The van der Waals surface area contributed by atoms with E-state index in [1.54, 1.807) is 12.1 Å². The summed E-state index contributed by atoms with van der Waals surface area (Å²) in [7, 11) is -5.39. The van der Waals surface area contributed by atoms with Crippen molar-refractivity contribution in [2.75, 3.05) is 0 Å². The molecule has 2 rings (SSSR count). The van der Waals surface area contributed by atoms with Crippen molar-refractivity contribution in [3.05, 3.63) is 46.8 Å². The highest BCUT2D eigenvalue weighted by atomic mass is 31.2. The molecule has 0 atom stereocenters. The molecule has 0 aliphatic heterocycles. The van der Waals surface area contributed by atoms with Gasteiger partial charge in [0.15, 0.2) is 0 Å². The zero-order valence-electron chi connectivity index (χ0n) is 7.86. The summed E-state index contributed by atoms with van der Waals surface area (Å²) in [4.78, 5) is 36.4. The number of phosphoric acid groups is 1. The van der Waals surface area contributed by atoms with Crippen molar-refractivity contribution >= 4 is 18.8 Å². The molecule has 2 aromatic rings. The molecule has 0 N–H and O–H groups in total. The van der Waals surface area contributed by atoms with Gasteiger partial charge in [-0.3, -0.25) is 0 Å². The molecule has 86 valence electrons. The van der Waals surface area contributed by atoms with E-state index in [0.29, 0.717) is 5.58 Å². The minimum Gasteiger partial charge on any atom is -0.822 e. The van der Waals surface area contributed by atoms with E-state index >= 15 is 0 Å². The minimum atomic E-state index is -5.39. The average Bonchev–Trinajstić information content (AvgIpc) is 2.15. The molecule has 0 bridgehead atoms. The minimum absolute atomic E-state index is 0.302. The first kappa shape index (κ1) is 12.6. The Balaban J connectivity index is 0.000000221. The summed E-state index contributed by atoms with van der Waals surface area (Å²) >= 11 is 0. The number of rotatable bonds is 0. The van der Waals surface area contributed by atoms with E-state index in [1.165, 1.54) is 6.07 Å². The summed E-state index contributed by atoms with van der Waals surface area (Å²) in [6.45, 7) is 0. The maximum atomic E-state index is 10.7. The van der Waals surface area contributed by atoms with Gasteiger partial charge in [0.05, 0.1) is 0 Å². The van der Waals surface area contributed by atoms with E-state index in [1.807, 2.05) is 18.2 Å². The lowest BCUT2D eigenvalue weighted by Gasteiger charge is -2.36. The van der Waals surface area contributed by atoms with Crippen LogP contribution in [-0.2, 0) is 4.57 Å². The molecule has 0 saturated carbocycles. The third-order valence-electron chi connectivity index (χ3n) is 1.53. The zero-order valence-corrected chi connectivity index (χ0v) is 8.76. The third-order valence-corrected chi connectivity index (χ3v) is 1.53. The fraction of sp³-hybridized carbons (Fsp3) is 0. The van der Waals surface area contributed by atoms with Gasteiger partial charge in [0, 0.05) is 11.5 Å². The molecular formula is C9H6O6P-3. The van der Waals surface area contributed by atoms with Crippen molar-refractivity contribution in [1.82, 2.24) is 0 Å². The van der Waals surface area contributed by atoms with Gasteiger partial charge in [0.1, 0.15) is 5.58 Å². The van der Waals surface area contributed by atoms with Crippen LogP contribution >= 0.6 is 7.82 Å². The molecule has 0 amide bonds. The second-order valence-corrected chi connectivity index (χ2v) is 3.63. The van der Waals surface area contributed by atoms with E-state index < -0.39 is 7.82 Å². The fourth-order valence-electron chi connectivity index (χ4n) is 1.01. The lowest BCUT2D eigenvalue weighted by atomic mass is 10.2. The van der Waals surface area contributed by atoms with Crippen LogP contribution in [0.3, 0.4) is 0 Å². The van der Waals surface area contributed by atoms with Gasteiger partial charge in [-0.05, 0) is 12.1 Å². The molecule has 0 saturated heterocycles. The number of hydrogen-bond acceptors (Lipinski definition) is 6. The van der Waals surface area contributed by atoms with Crippen LogP contribution < -0.4 is 20.3 Å². The first-order valence-electron chi connectivity index (χ1n) is 4.08. The molecular weight excluding hydrogens is 235 g/mol. The molecule has 1 aromatic heterocycles. The van der Waals surface area contributed by atoms with Gasteiger partial charge in [0.2, 0.25) is 0 Å². The van der Waals surface area contributed by atoms with Gasteiger partial charge in [-0.25, -0.2) is 4.79 Å². The van der Waals surface area contributed by atoms with E-state index in [-0.39, 0.29) is 5.63 Å². The van der Waals surface area contributed by atoms with Crippen LogP contribution in [0.5, 0.6) is 0 Å². The van der Waals surface area contributed by atoms with Gasteiger partial charge in [-0.1, -0.05) is 18.2 Å². The summed E-state index contributed by atoms with van der Waals surface area (Å²) in [6, 6.07) is 10.6. The molecule has 0 aliphatic rings. The normalized spacial score (nSPS) is 10.7. The molecule has 0 unspecified atom stereocenters. The largest absolute Gasteiger partial charge is 0.822 e. The molecule has 0 fully saturated rings. The van der Waals surface area contributed by atoms with Gasteiger partial charge >= 0.3 is 5.63 Å². The van der Waals surface area contributed by atoms with Crippen LogP contribution in [0, 0.1) is 0 Å². The molecule has 0 spiro atoms. The molecule has 16 heavy (non-hydrogen) atoms. The highest BCUT2D eigenvalue weighted by molar-refractivity contribution is 7.40. The molecule has 0 aliphatic carbocycles. The van der Waals surface area contributed by atoms with Crippen LogP contribution in [0.2, 0.25) is 0 Å². The van der Waals surface area contributed by atoms with Crippen LogP contribution in [0.4, 0.5) is 0 Å². The maximum absolute atomic E-state index is 10.7. The summed E-state index contributed by atoms with van der Waals surface area (Å²) in [5, 5.41) is 0.951. The summed E-state index contributed by atoms with van der Waals surface area (Å²) in [6.07, 6.45) is 0. The molecule has 1 heterocycles. The van der Waals surface area contributed by atoms with E-state index in [2.05, 4.69) is 0 Å². The van der Waals surface area contributed by atoms with Crippen molar-refractivity contribution in [3.8, 4) is 0 Å². The number of benzene rings is 1. The first-order chi connectivity index (χ1) is 7.36. The van der Waals surface area contributed by atoms with Gasteiger partial charge in [-0.15, -0.1) is 0 Å². The topological polar surface area (TPSA) is 116 Å². The van der Waals surface area contributed by atoms with Crippen LogP contribution in [0.15, 0.2) is 45.6 Å².